The molecular formula is C15H16ClNO2S. The van der Waals surface area contributed by atoms with Gasteiger partial charge in [0.2, 0.25) is 0 Å². The Morgan fingerprint density at radius 2 is 2.10 bits per heavy atom. The minimum Gasteiger partial charge on any atom is -0.478 e. The van der Waals surface area contributed by atoms with E-state index in [2.05, 4.69) is 4.90 Å². The Bertz CT molecular complexity index is 596. The van der Waals surface area contributed by atoms with Crippen LogP contribution in [0.1, 0.15) is 29.1 Å². The van der Waals surface area contributed by atoms with Crippen molar-refractivity contribution in [3.8, 4) is 0 Å². The summed E-state index contributed by atoms with van der Waals surface area (Å²) in [5.74, 6) is -0.998. The maximum absolute atomic E-state index is 11.5. The van der Waals surface area contributed by atoms with Gasteiger partial charge in [0.05, 0.1) is 17.3 Å². The highest BCUT2D eigenvalue weighted by atomic mass is 35.5. The predicted octanol–water partition coefficient (Wildman–Crippen LogP) is 4.51. The van der Waals surface area contributed by atoms with Crippen LogP contribution < -0.4 is 4.90 Å². The topological polar surface area (TPSA) is 40.5 Å². The predicted molar refractivity (Wildman–Crippen MR) is 84.0 cm³/mol. The molecule has 0 saturated heterocycles. The van der Waals surface area contributed by atoms with Crippen LogP contribution in [-0.2, 0) is 6.54 Å². The molecule has 0 spiro atoms. The lowest BCUT2D eigenvalue weighted by Gasteiger charge is -2.30. The summed E-state index contributed by atoms with van der Waals surface area (Å²) in [5, 5.41) is 11.7. The smallest absolute Gasteiger partial charge is 0.339 e. The van der Waals surface area contributed by atoms with Crippen LogP contribution >= 0.6 is 22.9 Å². The number of aromatic carboxylic acids is 1. The third-order valence-electron chi connectivity index (χ3n) is 3.04. The summed E-state index contributed by atoms with van der Waals surface area (Å²) in [7, 11) is 0. The van der Waals surface area contributed by atoms with E-state index >= 15 is 0 Å². The van der Waals surface area contributed by atoms with Crippen LogP contribution in [0.3, 0.4) is 0 Å². The molecule has 0 bridgehead atoms. The van der Waals surface area contributed by atoms with Crippen LogP contribution in [0.4, 0.5) is 5.69 Å². The van der Waals surface area contributed by atoms with Gasteiger partial charge in [-0.05, 0) is 37.4 Å². The second-order valence-electron chi connectivity index (χ2n) is 4.74. The van der Waals surface area contributed by atoms with Crippen LogP contribution in [0.25, 0.3) is 0 Å². The van der Waals surface area contributed by atoms with Crippen molar-refractivity contribution in [1.29, 1.82) is 0 Å². The van der Waals surface area contributed by atoms with Crippen LogP contribution in [0.2, 0.25) is 5.02 Å². The van der Waals surface area contributed by atoms with Crippen molar-refractivity contribution in [3.63, 3.8) is 0 Å². The Hall–Kier alpha value is -1.52. The summed E-state index contributed by atoms with van der Waals surface area (Å²) in [6, 6.07) is 9.42. The number of thiophene rings is 1. The van der Waals surface area contributed by atoms with Crippen molar-refractivity contribution >= 4 is 34.6 Å². The van der Waals surface area contributed by atoms with Gasteiger partial charge in [-0.25, -0.2) is 4.79 Å². The minimum absolute atomic E-state index is 0.166. The van der Waals surface area contributed by atoms with Gasteiger partial charge < -0.3 is 10.0 Å². The third-order valence-corrected chi connectivity index (χ3v) is 4.22. The maximum atomic E-state index is 11.5. The molecule has 1 heterocycles. The lowest BCUT2D eigenvalue weighted by atomic mass is 10.1. The molecule has 0 unspecified atom stereocenters. The van der Waals surface area contributed by atoms with Gasteiger partial charge in [-0.1, -0.05) is 23.7 Å². The van der Waals surface area contributed by atoms with E-state index in [4.69, 9.17) is 11.6 Å². The molecular weight excluding hydrogens is 294 g/mol. The summed E-state index contributed by atoms with van der Waals surface area (Å²) in [4.78, 5) is 14.7. The SMILES string of the molecule is CC(C)N(Cc1cccs1)c1cccc(Cl)c1C(=O)O. The molecule has 2 aromatic rings. The molecule has 0 aliphatic heterocycles. The van der Waals surface area contributed by atoms with Gasteiger partial charge in [0, 0.05) is 10.9 Å². The van der Waals surface area contributed by atoms with E-state index in [1.165, 1.54) is 4.88 Å². The average molecular weight is 310 g/mol. The molecule has 0 amide bonds. The van der Waals surface area contributed by atoms with Crippen molar-refractivity contribution in [2.24, 2.45) is 0 Å². The average Bonchev–Trinajstić information content (AvgIpc) is 2.87. The summed E-state index contributed by atoms with van der Waals surface area (Å²) in [6.45, 7) is 4.76. The first-order chi connectivity index (χ1) is 9.50. The van der Waals surface area contributed by atoms with Crippen molar-refractivity contribution in [2.75, 3.05) is 4.90 Å². The summed E-state index contributed by atoms with van der Waals surface area (Å²) < 4.78 is 0. The molecule has 3 nitrogen and oxygen atoms in total. The van der Waals surface area contributed by atoms with Gasteiger partial charge in [-0.3, -0.25) is 0 Å². The van der Waals surface area contributed by atoms with Crippen molar-refractivity contribution in [3.05, 3.63) is 51.2 Å². The van der Waals surface area contributed by atoms with Crippen molar-refractivity contribution in [1.82, 2.24) is 0 Å². The lowest BCUT2D eigenvalue weighted by Crippen LogP contribution is -2.31. The van der Waals surface area contributed by atoms with E-state index in [0.29, 0.717) is 12.2 Å². The molecule has 1 aromatic carbocycles. The second kappa shape index (κ2) is 6.29. The standard InChI is InChI=1S/C15H16ClNO2S/c1-10(2)17(9-11-5-4-8-20-11)13-7-3-6-12(16)14(13)15(18)19/h3-8,10H,9H2,1-2H3,(H,18,19). The fourth-order valence-electron chi connectivity index (χ4n) is 2.08. The molecule has 0 radical (unpaired) electrons. The Labute approximate surface area is 127 Å². The Morgan fingerprint density at radius 1 is 1.35 bits per heavy atom. The van der Waals surface area contributed by atoms with Crippen LogP contribution in [0.15, 0.2) is 35.7 Å². The summed E-state index contributed by atoms with van der Waals surface area (Å²) in [5.41, 5.74) is 0.827. The Morgan fingerprint density at radius 3 is 2.65 bits per heavy atom. The zero-order valence-electron chi connectivity index (χ0n) is 11.3. The van der Waals surface area contributed by atoms with Crippen LogP contribution in [-0.4, -0.2) is 17.1 Å². The van der Waals surface area contributed by atoms with Gasteiger partial charge in [-0.2, -0.15) is 0 Å². The maximum Gasteiger partial charge on any atom is 0.339 e. The normalized spacial score (nSPS) is 10.8. The van der Waals surface area contributed by atoms with E-state index in [0.717, 1.165) is 0 Å². The molecule has 5 heteroatoms. The summed E-state index contributed by atoms with van der Waals surface area (Å²) >= 11 is 7.71. The number of benzene rings is 1. The number of carboxylic acids is 1. The highest BCUT2D eigenvalue weighted by Crippen LogP contribution is 2.30. The fraction of sp³-hybridized carbons (Fsp3) is 0.267. The molecule has 106 valence electrons. The number of carbonyl (C=O) groups is 1. The highest BCUT2D eigenvalue weighted by molar-refractivity contribution is 7.09. The fourth-order valence-corrected chi connectivity index (χ4v) is 3.03. The number of rotatable bonds is 5. The Kier molecular flexibility index (Phi) is 4.68. The monoisotopic (exact) mass is 309 g/mol. The van der Waals surface area contributed by atoms with Crippen molar-refractivity contribution < 1.29 is 9.90 Å². The molecule has 0 aliphatic rings. The van der Waals surface area contributed by atoms with Gasteiger partial charge >= 0.3 is 5.97 Å². The number of hydrogen-bond acceptors (Lipinski definition) is 3. The molecule has 1 N–H and O–H groups in total. The van der Waals surface area contributed by atoms with Crippen molar-refractivity contribution in [2.45, 2.75) is 26.4 Å². The first-order valence-electron chi connectivity index (χ1n) is 6.31. The highest BCUT2D eigenvalue weighted by Gasteiger charge is 2.21. The van der Waals surface area contributed by atoms with Gasteiger partial charge in [0.25, 0.3) is 0 Å². The lowest BCUT2D eigenvalue weighted by molar-refractivity contribution is 0.0697. The molecule has 20 heavy (non-hydrogen) atoms. The van der Waals surface area contributed by atoms with E-state index < -0.39 is 5.97 Å². The molecule has 0 saturated carbocycles. The van der Waals surface area contributed by atoms with Gasteiger partial charge in [0.1, 0.15) is 5.56 Å². The van der Waals surface area contributed by atoms with Crippen LogP contribution in [0.5, 0.6) is 0 Å². The number of hydrogen-bond donors (Lipinski definition) is 1. The zero-order chi connectivity index (χ0) is 14.7. The number of anilines is 1. The molecule has 1 aromatic heterocycles. The molecule has 0 atom stereocenters. The Balaban J connectivity index is 2.44. The van der Waals surface area contributed by atoms with E-state index in [1.54, 1.807) is 23.5 Å². The number of halogens is 1. The zero-order valence-corrected chi connectivity index (χ0v) is 12.9. The minimum atomic E-state index is -0.998. The second-order valence-corrected chi connectivity index (χ2v) is 6.18. The number of carboxylic acid groups (broad SMARTS) is 1. The van der Waals surface area contributed by atoms with E-state index in [-0.39, 0.29) is 16.6 Å². The molecule has 0 fully saturated rings. The largest absolute Gasteiger partial charge is 0.478 e. The molecule has 2 rings (SSSR count). The van der Waals surface area contributed by atoms with Gasteiger partial charge in [-0.15, -0.1) is 11.3 Å². The molecule has 0 aliphatic carbocycles. The third kappa shape index (κ3) is 3.14. The van der Waals surface area contributed by atoms with Crippen LogP contribution in [0, 0.1) is 0 Å². The summed E-state index contributed by atoms with van der Waals surface area (Å²) in [6.07, 6.45) is 0. The quantitative estimate of drug-likeness (QED) is 0.883. The first kappa shape index (κ1) is 14.9. The number of nitrogens with zero attached hydrogens (tertiary/aromatic N) is 1. The first-order valence-corrected chi connectivity index (χ1v) is 7.57. The van der Waals surface area contributed by atoms with Gasteiger partial charge in [0.15, 0.2) is 0 Å². The van der Waals surface area contributed by atoms with E-state index in [1.807, 2.05) is 37.4 Å². The van der Waals surface area contributed by atoms with E-state index in [9.17, 15) is 9.90 Å².